The maximum atomic E-state index is 14.3. The lowest BCUT2D eigenvalue weighted by Gasteiger charge is -2.29. The molecule has 7 nitrogen and oxygen atoms in total. The Hall–Kier alpha value is -2.65. The maximum Gasteiger partial charge on any atom is 0.242 e. The van der Waals surface area contributed by atoms with Gasteiger partial charge in [0.25, 0.3) is 0 Å². The highest BCUT2D eigenvalue weighted by Gasteiger charge is 2.27. The van der Waals surface area contributed by atoms with Crippen LogP contribution in [0.3, 0.4) is 0 Å². The summed E-state index contributed by atoms with van der Waals surface area (Å²) in [6.07, 6.45) is 1.27. The zero-order chi connectivity index (χ0) is 25.5. The molecule has 0 aliphatic rings. The first-order valence-corrected chi connectivity index (χ1v) is 13.2. The van der Waals surface area contributed by atoms with E-state index in [1.807, 2.05) is 0 Å². The van der Waals surface area contributed by atoms with Crippen LogP contribution in [0.15, 0.2) is 42.5 Å². The van der Waals surface area contributed by atoms with Crippen LogP contribution in [-0.4, -0.2) is 50.5 Å². The van der Waals surface area contributed by atoms with E-state index >= 15 is 0 Å². The van der Waals surface area contributed by atoms with Crippen LogP contribution in [0.5, 0.6) is 0 Å². The largest absolute Gasteiger partial charge is 0.355 e. The second-order valence-electron chi connectivity index (χ2n) is 8.05. The van der Waals surface area contributed by atoms with Crippen molar-refractivity contribution in [1.82, 2.24) is 10.2 Å². The molecule has 10 heteroatoms. The summed E-state index contributed by atoms with van der Waals surface area (Å²) < 4.78 is 40.4. The molecule has 0 saturated carbocycles. The number of sulfonamides is 1. The Morgan fingerprint density at radius 2 is 1.85 bits per heavy atom. The first-order valence-electron chi connectivity index (χ1n) is 11.0. The van der Waals surface area contributed by atoms with Crippen molar-refractivity contribution >= 4 is 39.1 Å². The number of likely N-dealkylation sites (N-methyl/N-ethyl adjacent to an activating group) is 1. The van der Waals surface area contributed by atoms with Gasteiger partial charge in [-0.25, -0.2) is 12.8 Å². The zero-order valence-corrected chi connectivity index (χ0v) is 21.4. The lowest BCUT2D eigenvalue weighted by molar-refractivity contribution is -0.140. The number of amides is 2. The zero-order valence-electron chi connectivity index (χ0n) is 19.8. The van der Waals surface area contributed by atoms with Crippen molar-refractivity contribution in [2.45, 2.75) is 46.2 Å². The average Bonchev–Trinajstić information content (AvgIpc) is 2.76. The molecule has 0 spiro atoms. The molecular formula is C24H31ClFN3O4S. The van der Waals surface area contributed by atoms with Gasteiger partial charge in [0.1, 0.15) is 11.9 Å². The summed E-state index contributed by atoms with van der Waals surface area (Å²) in [6, 6.07) is 10.2. The van der Waals surface area contributed by atoms with E-state index in [2.05, 4.69) is 5.32 Å². The van der Waals surface area contributed by atoms with Gasteiger partial charge in [-0.1, -0.05) is 35.9 Å². The molecule has 2 amide bonds. The van der Waals surface area contributed by atoms with Crippen LogP contribution in [-0.2, 0) is 26.2 Å². The summed E-state index contributed by atoms with van der Waals surface area (Å²) >= 11 is 6.07. The highest BCUT2D eigenvalue weighted by molar-refractivity contribution is 7.92. The number of anilines is 1. The number of nitrogens with zero attached hydrogens (tertiary/aromatic N) is 2. The molecule has 2 rings (SSSR count). The highest BCUT2D eigenvalue weighted by Crippen LogP contribution is 2.27. The lowest BCUT2D eigenvalue weighted by atomic mass is 10.1. The van der Waals surface area contributed by atoms with Crippen LogP contribution >= 0.6 is 11.6 Å². The van der Waals surface area contributed by atoms with Gasteiger partial charge in [0.2, 0.25) is 21.8 Å². The molecule has 0 radical (unpaired) electrons. The van der Waals surface area contributed by atoms with Gasteiger partial charge < -0.3 is 10.2 Å². The van der Waals surface area contributed by atoms with Crippen molar-refractivity contribution in [3.05, 3.63) is 64.4 Å². The van der Waals surface area contributed by atoms with E-state index < -0.39 is 21.9 Å². The number of halogens is 2. The average molecular weight is 512 g/mol. The Labute approximate surface area is 205 Å². The quantitative estimate of drug-likeness (QED) is 0.496. The van der Waals surface area contributed by atoms with Crippen molar-refractivity contribution < 1.29 is 22.4 Å². The fraction of sp³-hybridized carbons (Fsp3) is 0.417. The van der Waals surface area contributed by atoms with Crippen molar-refractivity contribution in [3.8, 4) is 0 Å². The minimum absolute atomic E-state index is 0.0240. The van der Waals surface area contributed by atoms with E-state index in [9.17, 15) is 22.4 Å². The Bertz CT molecular complexity index is 1130. The van der Waals surface area contributed by atoms with Gasteiger partial charge >= 0.3 is 0 Å². The number of carbonyl (C=O) groups excluding carboxylic acids is 2. The van der Waals surface area contributed by atoms with Gasteiger partial charge in [0.15, 0.2) is 0 Å². The van der Waals surface area contributed by atoms with Gasteiger partial charge in [-0.2, -0.15) is 0 Å². The van der Waals surface area contributed by atoms with E-state index in [-0.39, 0.29) is 37.7 Å². The monoisotopic (exact) mass is 511 g/mol. The van der Waals surface area contributed by atoms with Crippen LogP contribution in [0.25, 0.3) is 0 Å². The Morgan fingerprint density at radius 1 is 1.18 bits per heavy atom. The van der Waals surface area contributed by atoms with Crippen molar-refractivity contribution in [1.29, 1.82) is 0 Å². The molecule has 34 heavy (non-hydrogen) atoms. The molecule has 0 aromatic heterocycles. The van der Waals surface area contributed by atoms with E-state index in [1.165, 1.54) is 15.3 Å². The summed E-state index contributed by atoms with van der Waals surface area (Å²) in [4.78, 5) is 26.9. The van der Waals surface area contributed by atoms with Crippen molar-refractivity contribution in [3.63, 3.8) is 0 Å². The topological polar surface area (TPSA) is 86.8 Å². The third-order valence-electron chi connectivity index (χ3n) is 5.41. The molecule has 186 valence electrons. The van der Waals surface area contributed by atoms with Crippen molar-refractivity contribution in [2.75, 3.05) is 23.7 Å². The van der Waals surface area contributed by atoms with Crippen LogP contribution in [0.4, 0.5) is 10.1 Å². The second-order valence-corrected chi connectivity index (χ2v) is 10.4. The number of benzene rings is 2. The second kappa shape index (κ2) is 12.2. The number of hydrogen-bond acceptors (Lipinski definition) is 4. The predicted octanol–water partition coefficient (Wildman–Crippen LogP) is 3.89. The van der Waals surface area contributed by atoms with E-state index in [4.69, 9.17) is 11.6 Å². The fourth-order valence-corrected chi connectivity index (χ4v) is 4.73. The summed E-state index contributed by atoms with van der Waals surface area (Å²) in [5, 5.41) is 3.08. The number of carbonyl (C=O) groups is 2. The van der Waals surface area contributed by atoms with Gasteiger partial charge in [0.05, 0.1) is 11.9 Å². The third-order valence-corrected chi connectivity index (χ3v) is 6.82. The van der Waals surface area contributed by atoms with Gasteiger partial charge in [-0.15, -0.1) is 0 Å². The number of nitrogens with one attached hydrogen (secondary N) is 1. The van der Waals surface area contributed by atoms with Crippen LogP contribution in [0, 0.1) is 12.7 Å². The number of rotatable bonds is 11. The summed E-state index contributed by atoms with van der Waals surface area (Å²) in [7, 11) is -3.63. The van der Waals surface area contributed by atoms with Crippen LogP contribution in [0.2, 0.25) is 5.02 Å². The van der Waals surface area contributed by atoms with Gasteiger partial charge in [0, 0.05) is 36.6 Å². The first kappa shape index (κ1) is 27.6. The van der Waals surface area contributed by atoms with Crippen molar-refractivity contribution in [2.24, 2.45) is 0 Å². The maximum absolute atomic E-state index is 14.3. The molecule has 0 bridgehead atoms. The summed E-state index contributed by atoms with van der Waals surface area (Å²) in [5.41, 5.74) is 1.47. The molecule has 0 saturated heterocycles. The van der Waals surface area contributed by atoms with Gasteiger partial charge in [-0.3, -0.25) is 13.9 Å². The molecule has 1 atom stereocenters. The fourth-order valence-electron chi connectivity index (χ4n) is 3.55. The molecule has 1 unspecified atom stereocenters. The summed E-state index contributed by atoms with van der Waals surface area (Å²) in [5.74, 6) is -1.19. The Kier molecular flexibility index (Phi) is 9.88. The molecular weight excluding hydrogens is 481 g/mol. The third kappa shape index (κ3) is 7.43. The van der Waals surface area contributed by atoms with Crippen LogP contribution in [0.1, 0.15) is 37.8 Å². The van der Waals surface area contributed by atoms with Gasteiger partial charge in [-0.05, 0) is 51.0 Å². The van der Waals surface area contributed by atoms with E-state index in [0.29, 0.717) is 22.8 Å². The summed E-state index contributed by atoms with van der Waals surface area (Å²) in [6.45, 7) is 5.50. The normalized spacial score (nSPS) is 12.2. The number of hydrogen-bond donors (Lipinski definition) is 1. The number of aryl methyl sites for hydroxylation is 1. The molecule has 0 aliphatic heterocycles. The first-order chi connectivity index (χ1) is 16.0. The smallest absolute Gasteiger partial charge is 0.242 e. The molecule has 0 aliphatic carbocycles. The predicted molar refractivity (Wildman–Crippen MR) is 133 cm³/mol. The molecule has 2 aromatic carbocycles. The SMILES string of the molecule is CCNC(=O)C(C)N(Cc1ccccc1F)C(=O)CCCN(c1cc(Cl)ccc1C)S(C)(=O)=O. The lowest BCUT2D eigenvalue weighted by Crippen LogP contribution is -2.47. The highest BCUT2D eigenvalue weighted by atomic mass is 35.5. The minimum Gasteiger partial charge on any atom is -0.355 e. The molecule has 0 fully saturated rings. The van der Waals surface area contributed by atoms with E-state index in [1.54, 1.807) is 57.2 Å². The van der Waals surface area contributed by atoms with Crippen LogP contribution < -0.4 is 9.62 Å². The standard InChI is InChI=1S/C24H31ClFN3O4S/c1-5-27-24(31)18(3)28(16-19-9-6-7-10-21(19)26)23(30)11-8-14-29(34(4,32)33)22-15-20(25)13-12-17(22)2/h6-7,9-10,12-13,15,18H,5,8,11,14,16H2,1-4H3,(H,27,31). The molecule has 1 N–H and O–H groups in total. The minimum atomic E-state index is -3.63. The Morgan fingerprint density at radius 3 is 2.47 bits per heavy atom. The van der Waals surface area contributed by atoms with E-state index in [0.717, 1.165) is 11.8 Å². The Balaban J connectivity index is 2.20. The molecule has 0 heterocycles. The molecule has 2 aromatic rings.